The van der Waals surface area contributed by atoms with Crippen LogP contribution in [0.5, 0.6) is 0 Å². The number of carbonyl (C=O) groups is 2. The van der Waals surface area contributed by atoms with Gasteiger partial charge in [-0.05, 0) is 45.9 Å². The fourth-order valence-corrected chi connectivity index (χ4v) is 2.82. The molecule has 0 aliphatic carbocycles. The summed E-state index contributed by atoms with van der Waals surface area (Å²) in [6, 6.07) is 10.5. The molecule has 2 aromatic heterocycles. The summed E-state index contributed by atoms with van der Waals surface area (Å²) in [5.41, 5.74) is 3.34. The third kappa shape index (κ3) is 3.24. The lowest BCUT2D eigenvalue weighted by atomic mass is 10.1. The molecule has 2 heterocycles. The van der Waals surface area contributed by atoms with E-state index in [1.807, 2.05) is 37.5 Å². The van der Waals surface area contributed by atoms with Gasteiger partial charge in [0.15, 0.2) is 11.6 Å². The first kappa shape index (κ1) is 16.7. The highest BCUT2D eigenvalue weighted by atomic mass is 16.5. The number of ketones is 1. The summed E-state index contributed by atoms with van der Waals surface area (Å²) in [7, 11) is 0. The largest absolute Gasteiger partial charge is 0.360 e. The Kier molecular flexibility index (Phi) is 4.27. The number of anilines is 1. The molecular weight excluding hydrogens is 318 g/mol. The summed E-state index contributed by atoms with van der Waals surface area (Å²) in [6.07, 6.45) is 0. The average Bonchev–Trinajstić information content (AvgIpc) is 3.10. The average molecular weight is 337 g/mol. The molecule has 1 N–H and O–H groups in total. The van der Waals surface area contributed by atoms with E-state index >= 15 is 0 Å². The van der Waals surface area contributed by atoms with Gasteiger partial charge in [-0.3, -0.25) is 14.2 Å². The summed E-state index contributed by atoms with van der Waals surface area (Å²) in [5, 5.41) is 6.86. The Balaban J connectivity index is 1.91. The van der Waals surface area contributed by atoms with Crippen LogP contribution in [0.3, 0.4) is 0 Å². The summed E-state index contributed by atoms with van der Waals surface area (Å²) in [5.74, 6) is 1.07. The Bertz CT molecular complexity index is 966. The van der Waals surface area contributed by atoms with Crippen LogP contribution in [-0.4, -0.2) is 21.4 Å². The Hall–Kier alpha value is -3.15. The smallest absolute Gasteiger partial charge is 0.257 e. The normalized spacial score (nSPS) is 10.7. The Morgan fingerprint density at radius 2 is 1.88 bits per heavy atom. The number of hydrogen-bond donors (Lipinski definition) is 1. The predicted molar refractivity (Wildman–Crippen MR) is 94.4 cm³/mol. The number of amides is 1. The highest BCUT2D eigenvalue weighted by molar-refractivity contribution is 6.06. The topological polar surface area (TPSA) is 77.1 Å². The number of nitrogens with one attached hydrogen (secondary N) is 1. The summed E-state index contributed by atoms with van der Waals surface area (Å²) in [4.78, 5) is 24.1. The maximum absolute atomic E-state index is 12.7. The number of aryl methyl sites for hydroxylation is 2. The van der Waals surface area contributed by atoms with Crippen molar-refractivity contribution < 1.29 is 14.1 Å². The van der Waals surface area contributed by atoms with Crippen LogP contribution in [0, 0.1) is 20.8 Å². The van der Waals surface area contributed by atoms with Crippen molar-refractivity contribution in [3.8, 4) is 5.82 Å². The van der Waals surface area contributed by atoms with Gasteiger partial charge in [0.1, 0.15) is 5.76 Å². The molecule has 1 amide bonds. The zero-order valence-electron chi connectivity index (χ0n) is 14.6. The predicted octanol–water partition coefficient (Wildman–Crippen LogP) is 3.85. The standard InChI is InChI=1S/C19H19N3O3/c1-11-8-17(13(3)22(11)18-9-12(2)25-21-18)19(24)20-16-7-5-6-15(10-16)14(4)23/h5-10H,1-4H3,(H,20,24). The lowest BCUT2D eigenvalue weighted by Gasteiger charge is -2.07. The molecule has 25 heavy (non-hydrogen) atoms. The third-order valence-electron chi connectivity index (χ3n) is 4.05. The first-order valence-electron chi connectivity index (χ1n) is 7.92. The second-order valence-electron chi connectivity index (χ2n) is 6.01. The molecule has 0 aliphatic heterocycles. The molecule has 0 spiro atoms. The van der Waals surface area contributed by atoms with Crippen molar-refractivity contribution in [2.24, 2.45) is 0 Å². The van der Waals surface area contributed by atoms with Gasteiger partial charge in [-0.1, -0.05) is 17.3 Å². The monoisotopic (exact) mass is 337 g/mol. The number of rotatable bonds is 4. The molecule has 0 atom stereocenters. The van der Waals surface area contributed by atoms with Crippen molar-refractivity contribution in [1.82, 2.24) is 9.72 Å². The lowest BCUT2D eigenvalue weighted by molar-refractivity contribution is 0.101. The van der Waals surface area contributed by atoms with Crippen LogP contribution in [0.2, 0.25) is 0 Å². The minimum absolute atomic E-state index is 0.0457. The minimum atomic E-state index is -0.236. The zero-order chi connectivity index (χ0) is 18.1. The van der Waals surface area contributed by atoms with Crippen LogP contribution >= 0.6 is 0 Å². The second-order valence-corrected chi connectivity index (χ2v) is 6.01. The van der Waals surface area contributed by atoms with E-state index in [2.05, 4.69) is 10.5 Å². The molecule has 128 valence electrons. The molecule has 6 nitrogen and oxygen atoms in total. The van der Waals surface area contributed by atoms with Crippen molar-refractivity contribution >= 4 is 17.4 Å². The SMILES string of the molecule is CC(=O)c1cccc(NC(=O)c2cc(C)n(-c3cc(C)on3)c2C)c1. The van der Waals surface area contributed by atoms with E-state index in [9.17, 15) is 9.59 Å². The molecule has 0 fully saturated rings. The Morgan fingerprint density at radius 3 is 2.52 bits per heavy atom. The molecule has 3 aromatic rings. The maximum atomic E-state index is 12.7. The van der Waals surface area contributed by atoms with Crippen LogP contribution in [0.25, 0.3) is 5.82 Å². The van der Waals surface area contributed by atoms with E-state index < -0.39 is 0 Å². The highest BCUT2D eigenvalue weighted by Gasteiger charge is 2.18. The Labute approximate surface area is 145 Å². The van der Waals surface area contributed by atoms with Gasteiger partial charge < -0.3 is 9.84 Å². The number of carbonyl (C=O) groups excluding carboxylic acids is 2. The van der Waals surface area contributed by atoms with Crippen molar-refractivity contribution in [2.45, 2.75) is 27.7 Å². The molecule has 0 unspecified atom stereocenters. The van der Waals surface area contributed by atoms with Crippen LogP contribution in [0.15, 0.2) is 40.9 Å². The molecule has 0 radical (unpaired) electrons. The van der Waals surface area contributed by atoms with Crippen molar-refractivity contribution in [3.63, 3.8) is 0 Å². The van der Waals surface area contributed by atoms with Gasteiger partial charge in [0.05, 0.1) is 5.56 Å². The van der Waals surface area contributed by atoms with E-state index in [1.165, 1.54) is 6.92 Å². The molecule has 0 bridgehead atoms. The fraction of sp³-hybridized carbons (Fsp3) is 0.211. The summed E-state index contributed by atoms with van der Waals surface area (Å²) in [6.45, 7) is 7.08. The van der Waals surface area contributed by atoms with Gasteiger partial charge in [0.2, 0.25) is 0 Å². The van der Waals surface area contributed by atoms with E-state index in [0.29, 0.717) is 28.4 Å². The van der Waals surface area contributed by atoms with Crippen LogP contribution in [-0.2, 0) is 0 Å². The van der Waals surface area contributed by atoms with Gasteiger partial charge in [-0.15, -0.1) is 0 Å². The summed E-state index contributed by atoms with van der Waals surface area (Å²) >= 11 is 0. The van der Waals surface area contributed by atoms with Crippen molar-refractivity contribution in [3.05, 3.63) is 64.7 Å². The van der Waals surface area contributed by atoms with Crippen molar-refractivity contribution in [2.75, 3.05) is 5.32 Å². The van der Waals surface area contributed by atoms with Crippen LogP contribution in [0.1, 0.15) is 44.8 Å². The van der Waals surface area contributed by atoms with Gasteiger partial charge in [0.25, 0.3) is 5.91 Å². The van der Waals surface area contributed by atoms with E-state index in [4.69, 9.17) is 4.52 Å². The molecule has 6 heteroatoms. The van der Waals surface area contributed by atoms with Gasteiger partial charge >= 0.3 is 0 Å². The van der Waals surface area contributed by atoms with Crippen LogP contribution in [0.4, 0.5) is 5.69 Å². The zero-order valence-corrected chi connectivity index (χ0v) is 14.6. The number of hydrogen-bond acceptors (Lipinski definition) is 4. The first-order chi connectivity index (χ1) is 11.9. The molecule has 0 saturated carbocycles. The summed E-state index contributed by atoms with van der Waals surface area (Å²) < 4.78 is 7.00. The molecule has 3 rings (SSSR count). The lowest BCUT2D eigenvalue weighted by Crippen LogP contribution is -2.13. The van der Waals surface area contributed by atoms with Crippen molar-refractivity contribution in [1.29, 1.82) is 0 Å². The van der Waals surface area contributed by atoms with Crippen LogP contribution < -0.4 is 5.32 Å². The number of Topliss-reactive ketones (excluding diaryl/α,β-unsaturated/α-hetero) is 1. The first-order valence-corrected chi connectivity index (χ1v) is 7.92. The van der Waals surface area contributed by atoms with Gasteiger partial charge in [-0.25, -0.2) is 0 Å². The number of aromatic nitrogens is 2. The van der Waals surface area contributed by atoms with Gasteiger partial charge in [0, 0.05) is 28.7 Å². The molecular formula is C19H19N3O3. The molecule has 0 saturated heterocycles. The Morgan fingerprint density at radius 1 is 1.12 bits per heavy atom. The van der Waals surface area contributed by atoms with E-state index in [1.54, 1.807) is 24.3 Å². The fourth-order valence-electron chi connectivity index (χ4n) is 2.82. The second kappa shape index (κ2) is 6.39. The number of benzene rings is 1. The third-order valence-corrected chi connectivity index (χ3v) is 4.05. The number of nitrogens with zero attached hydrogens (tertiary/aromatic N) is 2. The quantitative estimate of drug-likeness (QED) is 0.734. The minimum Gasteiger partial charge on any atom is -0.360 e. The molecule has 1 aromatic carbocycles. The molecule has 0 aliphatic rings. The van der Waals surface area contributed by atoms with E-state index in [-0.39, 0.29) is 11.7 Å². The van der Waals surface area contributed by atoms with E-state index in [0.717, 1.165) is 11.4 Å². The highest BCUT2D eigenvalue weighted by Crippen LogP contribution is 2.22. The maximum Gasteiger partial charge on any atom is 0.257 e. The van der Waals surface area contributed by atoms with Gasteiger partial charge in [-0.2, -0.15) is 0 Å².